The number of carbonyl (C=O) groups excluding carboxylic acids is 12. The Kier molecular flexibility index (Phi) is 26.2. The summed E-state index contributed by atoms with van der Waals surface area (Å²) in [5.74, 6) is -9.22. The van der Waals surface area contributed by atoms with Crippen LogP contribution in [0, 0.1) is 23.7 Å². The van der Waals surface area contributed by atoms with Crippen LogP contribution in [0.5, 0.6) is 23.0 Å². The summed E-state index contributed by atoms with van der Waals surface area (Å²) >= 11 is 0. The summed E-state index contributed by atoms with van der Waals surface area (Å²) in [5, 5.41) is 5.78. The van der Waals surface area contributed by atoms with Gasteiger partial charge in [-0.15, -0.1) is 0 Å². The Balaban J connectivity index is 1.03. The molecule has 5 rings (SSSR count). The molecule has 3 aliphatic carbocycles. The summed E-state index contributed by atoms with van der Waals surface area (Å²) < 4.78 is 52.0. The number of hydrogen-bond acceptors (Lipinski definition) is 22. The van der Waals surface area contributed by atoms with E-state index in [-0.39, 0.29) is 154 Å². The third kappa shape index (κ3) is 21.2. The molecule has 0 bridgehead atoms. The lowest BCUT2D eigenvalue weighted by molar-refractivity contribution is -0.150. The van der Waals surface area contributed by atoms with Crippen molar-refractivity contribution in [2.75, 3.05) is 47.3 Å². The fourth-order valence-electron chi connectivity index (χ4n) is 9.44. The smallest absolute Gasteiger partial charge is 0.341 e. The van der Waals surface area contributed by atoms with Gasteiger partial charge in [0.05, 0.1) is 44.8 Å². The molecule has 24 nitrogen and oxygen atoms in total. The van der Waals surface area contributed by atoms with E-state index >= 15 is 0 Å². The van der Waals surface area contributed by atoms with Gasteiger partial charge in [-0.3, -0.25) is 38.4 Å². The number of nitrogens with one attached hydrogen (secondary N) is 2. The molecule has 0 saturated heterocycles. The molecule has 0 spiro atoms. The van der Waals surface area contributed by atoms with Crippen molar-refractivity contribution in [1.82, 2.24) is 10.6 Å². The van der Waals surface area contributed by atoms with Crippen LogP contribution in [0.4, 0.5) is 0 Å². The fraction of sp³-hybridized carbons (Fsp3) is 0.517. The number of Topliss-reactive ketones (excluding diaryl/α,β-unsaturated/α-hetero) is 1. The van der Waals surface area contributed by atoms with Crippen molar-refractivity contribution in [2.24, 2.45) is 23.7 Å². The maximum Gasteiger partial charge on any atom is 0.341 e. The number of esters is 9. The van der Waals surface area contributed by atoms with Crippen LogP contribution in [0.25, 0.3) is 0 Å². The van der Waals surface area contributed by atoms with Gasteiger partial charge in [0.15, 0.2) is 5.78 Å². The Labute approximate surface area is 473 Å². The number of carbonyl (C=O) groups is 12. The zero-order valence-electron chi connectivity index (χ0n) is 46.0. The Hall–Kier alpha value is -8.44. The molecule has 3 saturated carbocycles. The molecule has 2 atom stereocenters. The lowest BCUT2D eigenvalue weighted by Gasteiger charge is -2.28. The predicted molar refractivity (Wildman–Crippen MR) is 284 cm³/mol. The maximum absolute atomic E-state index is 13.5. The number of hydrogen-bond donors (Lipinski definition) is 2. The van der Waals surface area contributed by atoms with Crippen molar-refractivity contribution in [3.63, 3.8) is 0 Å². The van der Waals surface area contributed by atoms with Crippen LogP contribution < -0.4 is 29.6 Å². The van der Waals surface area contributed by atoms with Gasteiger partial charge >= 0.3 is 53.7 Å². The summed E-state index contributed by atoms with van der Waals surface area (Å²) in [5.41, 5.74) is -0.296. The lowest BCUT2D eigenvalue weighted by Crippen LogP contribution is -2.39. The summed E-state index contributed by atoms with van der Waals surface area (Å²) in [4.78, 5) is 150. The van der Waals surface area contributed by atoms with Crippen molar-refractivity contribution >= 4 is 71.3 Å². The van der Waals surface area contributed by atoms with E-state index in [0.717, 1.165) is 26.4 Å². The van der Waals surface area contributed by atoms with E-state index < -0.39 is 71.5 Å². The number of methoxy groups -OCH3 is 2. The van der Waals surface area contributed by atoms with E-state index in [1.165, 1.54) is 36.4 Å². The molecule has 444 valence electrons. The highest BCUT2D eigenvalue weighted by molar-refractivity contribution is 5.95. The van der Waals surface area contributed by atoms with Crippen molar-refractivity contribution in [1.29, 1.82) is 0 Å². The van der Waals surface area contributed by atoms with Gasteiger partial charge < -0.3 is 58.0 Å². The zero-order chi connectivity index (χ0) is 59.6. The van der Waals surface area contributed by atoms with Crippen LogP contribution in [0.15, 0.2) is 61.7 Å². The third-order valence-corrected chi connectivity index (χ3v) is 14.0. The van der Waals surface area contributed by atoms with E-state index in [9.17, 15) is 57.5 Å². The topological polar surface area (TPSA) is 321 Å². The molecule has 2 aromatic carbocycles. The number of ether oxygens (including phenoxy) is 10. The summed E-state index contributed by atoms with van der Waals surface area (Å²) in [6.45, 7) is 5.66. The monoisotopic (exact) mass is 1150 g/mol. The van der Waals surface area contributed by atoms with Gasteiger partial charge in [-0.1, -0.05) is 19.6 Å². The molecule has 82 heavy (non-hydrogen) atoms. The van der Waals surface area contributed by atoms with Crippen molar-refractivity contribution in [3.8, 4) is 23.0 Å². The summed E-state index contributed by atoms with van der Waals surface area (Å²) in [6, 6.07) is 7.62. The average Bonchev–Trinajstić information content (AvgIpc) is 3.91. The Bertz CT molecular complexity index is 2670. The minimum absolute atomic E-state index is 0.00917. The van der Waals surface area contributed by atoms with Crippen molar-refractivity contribution in [3.05, 3.63) is 72.8 Å². The largest absolute Gasteiger partial charge is 0.486 e. The highest BCUT2D eigenvalue weighted by Gasteiger charge is 2.35. The van der Waals surface area contributed by atoms with Gasteiger partial charge in [0.2, 0.25) is 11.8 Å². The van der Waals surface area contributed by atoms with E-state index in [2.05, 4.69) is 23.8 Å². The first-order chi connectivity index (χ1) is 39.4. The van der Waals surface area contributed by atoms with Crippen LogP contribution in [0.1, 0.15) is 130 Å². The van der Waals surface area contributed by atoms with Gasteiger partial charge in [0, 0.05) is 43.0 Å². The molecule has 2 amide bonds. The second-order valence-electron chi connectivity index (χ2n) is 19.6. The minimum atomic E-state index is -0.858. The predicted octanol–water partition coefficient (Wildman–Crippen LogP) is 5.28. The van der Waals surface area contributed by atoms with E-state index in [4.69, 9.17) is 47.4 Å². The molecule has 2 aromatic rings. The van der Waals surface area contributed by atoms with Crippen molar-refractivity contribution < 1.29 is 105 Å². The van der Waals surface area contributed by atoms with E-state index in [0.29, 0.717) is 57.8 Å². The molecular weight excluding hydrogens is 1080 g/mol. The van der Waals surface area contributed by atoms with Crippen LogP contribution in [0.3, 0.4) is 0 Å². The zero-order valence-corrected chi connectivity index (χ0v) is 46.0. The highest BCUT2D eigenvalue weighted by atomic mass is 16.6. The molecule has 0 heterocycles. The molecule has 2 N–H and O–H groups in total. The molecule has 2 unspecified atom stereocenters. The first-order valence-corrected chi connectivity index (χ1v) is 27.1. The molecule has 0 aromatic heterocycles. The average molecular weight is 1150 g/mol. The second-order valence-corrected chi connectivity index (χ2v) is 19.6. The molecule has 24 heteroatoms. The summed E-state index contributed by atoms with van der Waals surface area (Å²) in [7, 11) is 2.29. The van der Waals surface area contributed by atoms with Gasteiger partial charge in [0.1, 0.15) is 67.2 Å². The van der Waals surface area contributed by atoms with E-state index in [1.807, 2.05) is 0 Å². The van der Waals surface area contributed by atoms with Gasteiger partial charge in [-0.25, -0.2) is 19.2 Å². The number of amides is 2. The van der Waals surface area contributed by atoms with Crippen LogP contribution >= 0.6 is 0 Å². The number of benzene rings is 2. The molecule has 0 aliphatic heterocycles. The third-order valence-electron chi connectivity index (χ3n) is 14.0. The van der Waals surface area contributed by atoms with Crippen LogP contribution in [-0.2, 0) is 76.4 Å². The standard InChI is InChI=1S/C58H70N2O22/c1-5-50(64)75-28-30-77-52(66)26-24-48(62)59-39-9-7-8-36(16-19-39)54(68)80-42-21-23-47(44(33-42)58(72)74-4)82-56(70)38-12-10-37(11-13-38)55(69)81-46-22-20-41(32-43(46)57(71)73-3)79-34-45(61)35-14-17-40(18-15-35)60-49(63)25-27-53(67)78-31-29-76-51(65)6-2/h5-6,20-23,32-33,35-40H,1-2,7-19,24-31,34H2,3-4H3,(H,59,62)(H,60,63). The Morgan fingerprint density at radius 3 is 1.35 bits per heavy atom. The van der Waals surface area contributed by atoms with Gasteiger partial charge in [0.25, 0.3) is 0 Å². The summed E-state index contributed by atoms with van der Waals surface area (Å²) in [6.07, 6.45) is 6.88. The highest BCUT2D eigenvalue weighted by Crippen LogP contribution is 2.35. The minimum Gasteiger partial charge on any atom is -0.486 e. The molecular formula is C58H70N2O22. The van der Waals surface area contributed by atoms with E-state index in [1.54, 1.807) is 0 Å². The Morgan fingerprint density at radius 2 is 0.878 bits per heavy atom. The SMILES string of the molecule is C=CC(=O)OCCOC(=O)CCC(=O)NC1CCC(C(=O)COc2ccc(OC(=O)C3CCC(C(=O)Oc4ccc(OC(=O)C5CCCC(NC(=O)CCC(=O)OCCOC(=O)C=C)CC5)cc4C(=O)OC)CC3)c(C(=O)OC)c2)CC1. The molecule has 3 aliphatic rings. The van der Waals surface area contributed by atoms with Crippen molar-refractivity contribution in [2.45, 2.75) is 121 Å². The number of ketones is 1. The van der Waals surface area contributed by atoms with Gasteiger partial charge in [-0.2, -0.15) is 0 Å². The second kappa shape index (κ2) is 33.3. The Morgan fingerprint density at radius 1 is 0.476 bits per heavy atom. The maximum atomic E-state index is 13.5. The number of rotatable bonds is 28. The first kappa shape index (κ1) is 64.4. The fourth-order valence-corrected chi connectivity index (χ4v) is 9.44. The first-order valence-electron chi connectivity index (χ1n) is 27.1. The quantitative estimate of drug-likeness (QED) is 0.0273. The van der Waals surface area contributed by atoms with Gasteiger partial charge in [-0.05, 0) is 113 Å². The molecule has 0 radical (unpaired) electrons. The molecule has 3 fully saturated rings. The van der Waals surface area contributed by atoms with Crippen LogP contribution in [0.2, 0.25) is 0 Å². The van der Waals surface area contributed by atoms with Crippen LogP contribution in [-0.4, -0.2) is 131 Å². The lowest BCUT2D eigenvalue weighted by atomic mass is 9.82. The normalized spacial score (nSPS) is 19.3.